The van der Waals surface area contributed by atoms with Gasteiger partial charge in [-0.3, -0.25) is 5.84 Å². The zero-order valence-electron chi connectivity index (χ0n) is 9.27. The summed E-state index contributed by atoms with van der Waals surface area (Å²) in [5, 5.41) is 0. The molecule has 0 amide bonds. The summed E-state index contributed by atoms with van der Waals surface area (Å²) in [4.78, 5) is 4.53. The van der Waals surface area contributed by atoms with Gasteiger partial charge < -0.3 is 9.80 Å². The summed E-state index contributed by atoms with van der Waals surface area (Å²) in [6.07, 6.45) is 0.0809. The molecule has 4 nitrogen and oxygen atoms in total. The average Bonchev–Trinajstić information content (AvgIpc) is 2.61. The molecule has 3 N–H and O–H groups in total. The first-order chi connectivity index (χ1) is 7.33. The normalized spacial score (nSPS) is 15.9. The van der Waals surface area contributed by atoms with Crippen LogP contribution < -0.4 is 21.1 Å². The molecule has 0 radical (unpaired) electrons. The van der Waals surface area contributed by atoms with Gasteiger partial charge in [0, 0.05) is 13.1 Å². The van der Waals surface area contributed by atoms with Crippen LogP contribution in [0.3, 0.4) is 0 Å². The monoisotopic (exact) mass is 206 g/mol. The van der Waals surface area contributed by atoms with Crippen LogP contribution in [-0.2, 0) is 0 Å². The number of nitrogens with two attached hydrogens (primary N) is 1. The lowest BCUT2D eigenvalue weighted by molar-refractivity contribution is 0.501. The molecular weight excluding hydrogens is 188 g/mol. The number of rotatable bonds is 3. The lowest BCUT2D eigenvalue weighted by Crippen LogP contribution is -2.55. The van der Waals surface area contributed by atoms with E-state index >= 15 is 0 Å². The molecule has 0 saturated carbocycles. The Morgan fingerprint density at radius 1 is 1.13 bits per heavy atom. The van der Waals surface area contributed by atoms with E-state index in [-0.39, 0.29) is 6.29 Å². The maximum atomic E-state index is 5.61. The second-order valence-electron chi connectivity index (χ2n) is 3.60. The lowest BCUT2D eigenvalue weighted by atomic mass is 10.2. The molecule has 1 aromatic carbocycles. The second kappa shape index (κ2) is 4.08. The van der Waals surface area contributed by atoms with Crippen molar-refractivity contribution in [2.24, 2.45) is 5.84 Å². The smallest absolute Gasteiger partial charge is 0.170 e. The number of nitrogens with zero attached hydrogens (tertiary/aromatic N) is 2. The van der Waals surface area contributed by atoms with Crippen LogP contribution in [-0.4, -0.2) is 19.4 Å². The van der Waals surface area contributed by atoms with E-state index < -0.39 is 0 Å². The van der Waals surface area contributed by atoms with Crippen molar-refractivity contribution in [3.8, 4) is 0 Å². The quantitative estimate of drug-likeness (QED) is 0.574. The fourth-order valence-corrected chi connectivity index (χ4v) is 2.25. The van der Waals surface area contributed by atoms with Gasteiger partial charge in [0.2, 0.25) is 0 Å². The molecule has 0 aliphatic carbocycles. The van der Waals surface area contributed by atoms with Crippen LogP contribution in [0.1, 0.15) is 13.8 Å². The van der Waals surface area contributed by atoms with E-state index in [1.54, 1.807) is 0 Å². The molecule has 0 unspecified atom stereocenters. The second-order valence-corrected chi connectivity index (χ2v) is 3.60. The molecule has 15 heavy (non-hydrogen) atoms. The largest absolute Gasteiger partial charge is 0.336 e. The summed E-state index contributed by atoms with van der Waals surface area (Å²) < 4.78 is 0. The molecule has 2 rings (SSSR count). The predicted molar refractivity (Wildman–Crippen MR) is 63.6 cm³/mol. The van der Waals surface area contributed by atoms with E-state index in [0.717, 1.165) is 13.1 Å². The SMILES string of the molecule is CCN1c2ccccc2N(CC)C1NN. The number of hydrogen-bond acceptors (Lipinski definition) is 4. The van der Waals surface area contributed by atoms with Crippen LogP contribution in [0.5, 0.6) is 0 Å². The highest BCUT2D eigenvalue weighted by Crippen LogP contribution is 2.37. The van der Waals surface area contributed by atoms with Crippen LogP contribution in [0.25, 0.3) is 0 Å². The zero-order chi connectivity index (χ0) is 10.8. The van der Waals surface area contributed by atoms with E-state index in [2.05, 4.69) is 53.3 Å². The van der Waals surface area contributed by atoms with Gasteiger partial charge in [-0.2, -0.15) is 0 Å². The van der Waals surface area contributed by atoms with Crippen molar-refractivity contribution in [3.63, 3.8) is 0 Å². The molecule has 0 spiro atoms. The topological polar surface area (TPSA) is 44.5 Å². The van der Waals surface area contributed by atoms with Crippen LogP contribution in [0.2, 0.25) is 0 Å². The maximum absolute atomic E-state index is 5.61. The van der Waals surface area contributed by atoms with E-state index in [9.17, 15) is 0 Å². The third kappa shape index (κ3) is 1.46. The van der Waals surface area contributed by atoms with E-state index in [1.807, 2.05) is 0 Å². The Labute approximate surface area is 90.6 Å². The molecule has 1 aliphatic rings. The summed E-state index contributed by atoms with van der Waals surface area (Å²) in [5.41, 5.74) is 5.37. The predicted octanol–water partition coefficient (Wildman–Crippen LogP) is 1.10. The molecule has 0 fully saturated rings. The Morgan fingerprint density at radius 3 is 1.93 bits per heavy atom. The van der Waals surface area contributed by atoms with E-state index in [0.29, 0.717) is 0 Å². The maximum Gasteiger partial charge on any atom is 0.170 e. The van der Waals surface area contributed by atoms with Crippen molar-refractivity contribution < 1.29 is 0 Å². The van der Waals surface area contributed by atoms with Gasteiger partial charge in [0.05, 0.1) is 11.4 Å². The summed E-state index contributed by atoms with van der Waals surface area (Å²) in [6, 6.07) is 8.40. The van der Waals surface area contributed by atoms with Crippen LogP contribution in [0.15, 0.2) is 24.3 Å². The summed E-state index contributed by atoms with van der Waals surface area (Å²) >= 11 is 0. The minimum atomic E-state index is 0.0809. The minimum absolute atomic E-state index is 0.0809. The number of benzene rings is 1. The highest BCUT2D eigenvalue weighted by Gasteiger charge is 2.32. The zero-order valence-corrected chi connectivity index (χ0v) is 9.27. The van der Waals surface area contributed by atoms with Gasteiger partial charge in [0.1, 0.15) is 0 Å². The molecule has 0 saturated heterocycles. The Kier molecular flexibility index (Phi) is 2.79. The van der Waals surface area contributed by atoms with Crippen molar-refractivity contribution in [3.05, 3.63) is 24.3 Å². The molecule has 1 aliphatic heterocycles. The van der Waals surface area contributed by atoms with Crippen molar-refractivity contribution in [1.29, 1.82) is 0 Å². The van der Waals surface area contributed by atoms with E-state index in [1.165, 1.54) is 11.4 Å². The van der Waals surface area contributed by atoms with Crippen molar-refractivity contribution in [2.45, 2.75) is 20.1 Å². The molecule has 1 heterocycles. The first-order valence-corrected chi connectivity index (χ1v) is 5.41. The van der Waals surface area contributed by atoms with Crippen molar-refractivity contribution in [1.82, 2.24) is 5.43 Å². The Morgan fingerprint density at radius 2 is 1.60 bits per heavy atom. The average molecular weight is 206 g/mol. The van der Waals surface area contributed by atoms with Gasteiger partial charge in [-0.1, -0.05) is 12.1 Å². The Balaban J connectivity index is 2.43. The number of hydrazine groups is 1. The van der Waals surface area contributed by atoms with Crippen LogP contribution in [0, 0.1) is 0 Å². The molecule has 0 atom stereocenters. The number of nitrogens with one attached hydrogen (secondary N) is 1. The Hall–Kier alpha value is -1.26. The fourth-order valence-electron chi connectivity index (χ4n) is 2.25. The van der Waals surface area contributed by atoms with Gasteiger partial charge in [0.25, 0.3) is 0 Å². The fraction of sp³-hybridized carbons (Fsp3) is 0.455. The minimum Gasteiger partial charge on any atom is -0.336 e. The molecular formula is C11H18N4. The highest BCUT2D eigenvalue weighted by atomic mass is 15.5. The van der Waals surface area contributed by atoms with Gasteiger partial charge in [-0.05, 0) is 26.0 Å². The van der Waals surface area contributed by atoms with Gasteiger partial charge >= 0.3 is 0 Å². The van der Waals surface area contributed by atoms with Crippen molar-refractivity contribution >= 4 is 11.4 Å². The van der Waals surface area contributed by atoms with Crippen molar-refractivity contribution in [2.75, 3.05) is 22.9 Å². The van der Waals surface area contributed by atoms with Crippen LogP contribution in [0.4, 0.5) is 11.4 Å². The third-order valence-electron chi connectivity index (χ3n) is 2.92. The molecule has 4 heteroatoms. The molecule has 0 bridgehead atoms. The van der Waals surface area contributed by atoms with E-state index in [4.69, 9.17) is 5.84 Å². The summed E-state index contributed by atoms with van der Waals surface area (Å²) in [7, 11) is 0. The summed E-state index contributed by atoms with van der Waals surface area (Å²) in [6.45, 7) is 6.17. The van der Waals surface area contributed by atoms with Gasteiger partial charge in [-0.15, -0.1) is 0 Å². The van der Waals surface area contributed by atoms with Gasteiger partial charge in [-0.25, -0.2) is 5.43 Å². The lowest BCUT2D eigenvalue weighted by Gasteiger charge is -2.30. The first-order valence-electron chi connectivity index (χ1n) is 5.41. The highest BCUT2D eigenvalue weighted by molar-refractivity contribution is 5.77. The third-order valence-corrected chi connectivity index (χ3v) is 2.92. The summed E-state index contributed by atoms with van der Waals surface area (Å²) in [5.74, 6) is 5.61. The number of hydrogen-bond donors (Lipinski definition) is 2. The molecule has 0 aromatic heterocycles. The first kappa shape index (κ1) is 10.3. The number of fused-ring (bicyclic) bond motifs is 1. The molecule has 82 valence electrons. The molecule has 1 aromatic rings. The number of para-hydroxylation sites is 2. The number of anilines is 2. The standard InChI is InChI=1S/C11H18N4/c1-3-14-9-7-5-6-8-10(9)15(4-2)11(14)13-12/h5-8,11,13H,3-4,12H2,1-2H3. The van der Waals surface area contributed by atoms with Crippen LogP contribution >= 0.6 is 0 Å². The Bertz CT molecular complexity index is 308. The van der Waals surface area contributed by atoms with Gasteiger partial charge in [0.15, 0.2) is 6.29 Å².